The maximum atomic E-state index is 4.91. The highest BCUT2D eigenvalue weighted by Gasteiger charge is 2.23. The van der Waals surface area contributed by atoms with Crippen LogP contribution >= 0.6 is 11.3 Å². The molecule has 0 radical (unpaired) electrons. The van der Waals surface area contributed by atoms with E-state index in [0.717, 1.165) is 44.5 Å². The smallest absolute Gasteiger partial charge is 0.247 e. The van der Waals surface area contributed by atoms with E-state index in [4.69, 9.17) is 4.98 Å². The van der Waals surface area contributed by atoms with Crippen LogP contribution in [0.1, 0.15) is 11.1 Å². The first-order valence-electron chi connectivity index (χ1n) is 17.6. The van der Waals surface area contributed by atoms with Crippen molar-refractivity contribution in [1.82, 2.24) is 19.5 Å². The largest absolute Gasteiger partial charge is 0.309 e. The van der Waals surface area contributed by atoms with E-state index in [9.17, 15) is 0 Å². The third-order valence-corrected chi connectivity index (χ3v) is 11.1. The van der Waals surface area contributed by atoms with Crippen LogP contribution in [0.5, 0.6) is 0 Å². The van der Waals surface area contributed by atoms with Crippen molar-refractivity contribution < 1.29 is 0 Å². The molecule has 0 aliphatic carbocycles. The van der Waals surface area contributed by atoms with Gasteiger partial charge in [0.15, 0.2) is 0 Å². The average molecular weight is 693 g/mol. The van der Waals surface area contributed by atoms with Gasteiger partial charge >= 0.3 is 0 Å². The van der Waals surface area contributed by atoms with Gasteiger partial charge in [-0.1, -0.05) is 101 Å². The number of benzene rings is 5. The van der Waals surface area contributed by atoms with Crippen LogP contribution in [0.15, 0.2) is 177 Å². The lowest BCUT2D eigenvalue weighted by atomic mass is 9.37. The molecular formula is C47H29BN4S. The molecular weight excluding hydrogens is 663 g/mol. The minimum Gasteiger partial charge on any atom is -0.309 e. The predicted molar refractivity (Wildman–Crippen MR) is 222 cm³/mol. The lowest BCUT2D eigenvalue weighted by Crippen LogP contribution is -2.52. The number of hydrogen-bond donors (Lipinski definition) is 0. The molecule has 10 rings (SSSR count). The van der Waals surface area contributed by atoms with Gasteiger partial charge in [-0.25, -0.2) is 0 Å². The molecule has 0 N–H and O–H groups in total. The van der Waals surface area contributed by atoms with Gasteiger partial charge in [0.05, 0.1) is 16.7 Å². The van der Waals surface area contributed by atoms with Crippen LogP contribution < -0.4 is 16.4 Å². The van der Waals surface area contributed by atoms with Crippen LogP contribution in [0.3, 0.4) is 0 Å². The second kappa shape index (κ2) is 13.1. The van der Waals surface area contributed by atoms with Gasteiger partial charge in [0.25, 0.3) is 0 Å². The number of para-hydroxylation sites is 1. The summed E-state index contributed by atoms with van der Waals surface area (Å²) in [5, 5.41) is 5.11. The summed E-state index contributed by atoms with van der Waals surface area (Å²) in [7, 11) is 0. The predicted octanol–water partition coefficient (Wildman–Crippen LogP) is 8.92. The van der Waals surface area contributed by atoms with Crippen LogP contribution in [-0.4, -0.2) is 26.2 Å². The van der Waals surface area contributed by atoms with Crippen molar-refractivity contribution in [2.45, 2.75) is 0 Å². The van der Waals surface area contributed by atoms with E-state index in [1.807, 2.05) is 48.1 Å². The van der Waals surface area contributed by atoms with Crippen LogP contribution in [0.4, 0.5) is 0 Å². The Hall–Kier alpha value is -6.81. The van der Waals surface area contributed by atoms with Gasteiger partial charge in [-0.05, 0) is 72.8 Å². The fraction of sp³-hybridized carbons (Fsp3) is 0. The fourth-order valence-electron chi connectivity index (χ4n) is 7.51. The van der Waals surface area contributed by atoms with Crippen molar-refractivity contribution >= 4 is 76.4 Å². The van der Waals surface area contributed by atoms with Gasteiger partial charge in [0.1, 0.15) is 0 Å². The van der Waals surface area contributed by atoms with Crippen molar-refractivity contribution in [3.8, 4) is 28.8 Å². The van der Waals surface area contributed by atoms with Crippen molar-refractivity contribution in [2.75, 3.05) is 0 Å². The molecule has 0 fully saturated rings. The van der Waals surface area contributed by atoms with E-state index >= 15 is 0 Å². The Bertz CT molecular complexity index is 2970. The van der Waals surface area contributed by atoms with Crippen molar-refractivity contribution in [1.29, 1.82) is 0 Å². The van der Waals surface area contributed by atoms with Gasteiger partial charge in [0, 0.05) is 84.3 Å². The molecule has 0 bridgehead atoms. The Labute approximate surface area is 311 Å². The zero-order valence-corrected chi connectivity index (χ0v) is 29.3. The Morgan fingerprint density at radius 2 is 1.21 bits per heavy atom. The van der Waals surface area contributed by atoms with E-state index in [1.54, 1.807) is 12.4 Å². The molecule has 0 aliphatic heterocycles. The SMILES string of the molecule is C(#Cc1cccc(-n2c3ccccc3c3cc4sc5ccccc5c4cc32)c1)c1cccc(-c2ccc(B(c3cccnc3)c3cccnc3)cn2)c1. The summed E-state index contributed by atoms with van der Waals surface area (Å²) in [4.78, 5) is 13.7. The monoisotopic (exact) mass is 692 g/mol. The summed E-state index contributed by atoms with van der Waals surface area (Å²) in [6.45, 7) is -0.00837. The minimum atomic E-state index is -0.00837. The molecule has 0 aliphatic rings. The molecule has 5 aromatic carbocycles. The van der Waals surface area contributed by atoms with E-state index < -0.39 is 0 Å². The highest BCUT2D eigenvalue weighted by molar-refractivity contribution is 7.25. The molecule has 0 amide bonds. The maximum absolute atomic E-state index is 4.91. The van der Waals surface area contributed by atoms with E-state index in [-0.39, 0.29) is 6.71 Å². The Morgan fingerprint density at radius 3 is 1.96 bits per heavy atom. The number of hydrogen-bond acceptors (Lipinski definition) is 4. The second-order valence-electron chi connectivity index (χ2n) is 13.2. The highest BCUT2D eigenvalue weighted by atomic mass is 32.1. The summed E-state index contributed by atoms with van der Waals surface area (Å²) >= 11 is 1.86. The summed E-state index contributed by atoms with van der Waals surface area (Å²) in [6, 6.07) is 51.3. The molecule has 246 valence electrons. The van der Waals surface area contributed by atoms with Crippen LogP contribution in [-0.2, 0) is 0 Å². The molecule has 0 atom stereocenters. The topological polar surface area (TPSA) is 43.6 Å². The van der Waals surface area contributed by atoms with Gasteiger partial charge in [-0.2, -0.15) is 0 Å². The van der Waals surface area contributed by atoms with Crippen molar-refractivity contribution in [3.05, 3.63) is 188 Å². The number of pyridine rings is 3. The molecule has 6 heteroatoms. The number of thiophene rings is 1. The standard InChI is InChI=1S/C47H29BN4S/c1-3-17-44-39(15-1)41-28-47-42(40-16-2-4-18-46(40)53-47)27-45(41)52(44)38-14-6-10-33(26-38)20-19-32-9-5-11-34(25-32)43-22-21-37(31-51-43)48(35-12-7-23-49-29-35)36-13-8-24-50-30-36/h1-18,21-31H. The number of aromatic nitrogens is 4. The first-order chi connectivity index (χ1) is 26.3. The Balaban J connectivity index is 0.983. The summed E-state index contributed by atoms with van der Waals surface area (Å²) in [5.74, 6) is 6.89. The summed E-state index contributed by atoms with van der Waals surface area (Å²) < 4.78 is 5.01. The van der Waals surface area contributed by atoms with Crippen molar-refractivity contribution in [3.63, 3.8) is 0 Å². The zero-order chi connectivity index (χ0) is 35.1. The molecule has 53 heavy (non-hydrogen) atoms. The van der Waals surface area contributed by atoms with E-state index in [0.29, 0.717) is 0 Å². The molecule has 5 aromatic heterocycles. The first kappa shape index (κ1) is 31.0. The normalized spacial score (nSPS) is 11.2. The highest BCUT2D eigenvalue weighted by Crippen LogP contribution is 2.40. The lowest BCUT2D eigenvalue weighted by Gasteiger charge is -2.14. The fourth-order valence-corrected chi connectivity index (χ4v) is 8.63. The van der Waals surface area contributed by atoms with Crippen LogP contribution in [0.2, 0.25) is 0 Å². The minimum absolute atomic E-state index is 0.00837. The van der Waals surface area contributed by atoms with Crippen molar-refractivity contribution in [2.24, 2.45) is 0 Å². The third kappa shape index (κ3) is 5.65. The number of rotatable bonds is 5. The first-order valence-corrected chi connectivity index (χ1v) is 18.4. The quantitative estimate of drug-likeness (QED) is 0.134. The summed E-state index contributed by atoms with van der Waals surface area (Å²) in [5.41, 5.74) is 10.6. The molecule has 0 saturated heterocycles. The second-order valence-corrected chi connectivity index (χ2v) is 14.3. The molecule has 4 nitrogen and oxygen atoms in total. The lowest BCUT2D eigenvalue weighted by molar-refractivity contribution is 1.18. The van der Waals surface area contributed by atoms with E-state index in [2.05, 4.69) is 154 Å². The average Bonchev–Trinajstić information content (AvgIpc) is 3.75. The number of fused-ring (bicyclic) bond motifs is 6. The van der Waals surface area contributed by atoms with Gasteiger partial charge in [-0.15, -0.1) is 11.3 Å². The summed E-state index contributed by atoms with van der Waals surface area (Å²) in [6.07, 6.45) is 9.38. The zero-order valence-electron chi connectivity index (χ0n) is 28.5. The van der Waals surface area contributed by atoms with Gasteiger partial charge in [0.2, 0.25) is 6.71 Å². The van der Waals surface area contributed by atoms with Crippen LogP contribution in [0.25, 0.3) is 58.9 Å². The van der Waals surface area contributed by atoms with Gasteiger partial charge < -0.3 is 4.57 Å². The third-order valence-electron chi connectivity index (χ3n) is 9.94. The molecule has 0 spiro atoms. The molecule has 10 aromatic rings. The van der Waals surface area contributed by atoms with Gasteiger partial charge in [-0.3, -0.25) is 15.0 Å². The number of nitrogens with zero attached hydrogens (tertiary/aromatic N) is 4. The van der Waals surface area contributed by atoms with Crippen LogP contribution in [0, 0.1) is 11.8 Å². The van der Waals surface area contributed by atoms with E-state index in [1.165, 1.54) is 42.0 Å². The maximum Gasteiger partial charge on any atom is 0.247 e. The molecule has 0 unspecified atom stereocenters. The Morgan fingerprint density at radius 1 is 0.491 bits per heavy atom. The molecule has 5 heterocycles. The Kier molecular flexibility index (Phi) is 7.64. The molecule has 0 saturated carbocycles.